The molecule has 0 saturated carbocycles. The Morgan fingerprint density at radius 3 is 2.82 bits per heavy atom. The molecule has 17 heavy (non-hydrogen) atoms. The fourth-order valence-corrected chi connectivity index (χ4v) is 2.12. The zero-order chi connectivity index (χ0) is 12.3. The second kappa shape index (κ2) is 5.15. The minimum absolute atomic E-state index is 0.103. The van der Waals surface area contributed by atoms with E-state index in [0.29, 0.717) is 5.92 Å². The van der Waals surface area contributed by atoms with Gasteiger partial charge in [-0.2, -0.15) is 0 Å². The number of hydrogen-bond donors (Lipinski definition) is 1. The van der Waals surface area contributed by atoms with Crippen LogP contribution in [0, 0.1) is 5.92 Å². The van der Waals surface area contributed by atoms with Gasteiger partial charge in [0.25, 0.3) is 5.56 Å². The molecule has 3 heteroatoms. The summed E-state index contributed by atoms with van der Waals surface area (Å²) < 4.78 is 1.80. The first-order valence-corrected chi connectivity index (χ1v) is 5.95. The highest BCUT2D eigenvalue weighted by Gasteiger charge is 2.05. The highest BCUT2D eigenvalue weighted by molar-refractivity contribution is 5.81. The third-order valence-electron chi connectivity index (χ3n) is 2.95. The number of benzene rings is 1. The van der Waals surface area contributed by atoms with Crippen molar-refractivity contribution in [3.8, 4) is 0 Å². The minimum Gasteiger partial charge on any atom is -0.319 e. The number of nitrogens with zero attached hydrogens (tertiary/aromatic N) is 1. The van der Waals surface area contributed by atoms with Gasteiger partial charge in [-0.1, -0.05) is 25.1 Å². The third-order valence-corrected chi connectivity index (χ3v) is 2.95. The molecule has 0 aliphatic carbocycles. The van der Waals surface area contributed by atoms with Crippen molar-refractivity contribution in [2.75, 3.05) is 13.6 Å². The van der Waals surface area contributed by atoms with Gasteiger partial charge in [-0.3, -0.25) is 4.79 Å². The van der Waals surface area contributed by atoms with Gasteiger partial charge in [0.05, 0.1) is 0 Å². The predicted molar refractivity (Wildman–Crippen MR) is 71.3 cm³/mol. The van der Waals surface area contributed by atoms with E-state index in [-0.39, 0.29) is 5.56 Å². The lowest BCUT2D eigenvalue weighted by atomic mass is 10.1. The highest BCUT2D eigenvalue weighted by Crippen LogP contribution is 2.08. The molecule has 1 heterocycles. The van der Waals surface area contributed by atoms with Gasteiger partial charge >= 0.3 is 0 Å². The lowest BCUT2D eigenvalue weighted by Gasteiger charge is -2.13. The van der Waals surface area contributed by atoms with Crippen LogP contribution in [0.1, 0.15) is 6.92 Å². The summed E-state index contributed by atoms with van der Waals surface area (Å²) >= 11 is 0. The third kappa shape index (κ3) is 2.56. The van der Waals surface area contributed by atoms with Crippen molar-refractivity contribution >= 4 is 10.8 Å². The fourth-order valence-electron chi connectivity index (χ4n) is 2.12. The Kier molecular flexibility index (Phi) is 3.59. The molecule has 2 aromatic rings. The van der Waals surface area contributed by atoms with Crippen LogP contribution in [0.15, 0.2) is 41.3 Å². The number of pyridine rings is 1. The van der Waals surface area contributed by atoms with Crippen molar-refractivity contribution in [2.24, 2.45) is 5.92 Å². The quantitative estimate of drug-likeness (QED) is 0.870. The van der Waals surface area contributed by atoms with Crippen LogP contribution in [0.5, 0.6) is 0 Å². The summed E-state index contributed by atoms with van der Waals surface area (Å²) in [5, 5.41) is 4.94. The first-order chi connectivity index (χ1) is 8.22. The Balaban J connectivity index is 2.36. The zero-order valence-corrected chi connectivity index (χ0v) is 10.3. The Morgan fingerprint density at radius 2 is 2.06 bits per heavy atom. The molecule has 0 amide bonds. The van der Waals surface area contributed by atoms with E-state index in [1.165, 1.54) is 0 Å². The van der Waals surface area contributed by atoms with Crippen molar-refractivity contribution in [2.45, 2.75) is 13.5 Å². The number of aromatic nitrogens is 1. The van der Waals surface area contributed by atoms with Crippen molar-refractivity contribution in [3.63, 3.8) is 0 Å². The normalized spacial score (nSPS) is 12.8. The van der Waals surface area contributed by atoms with E-state index in [1.54, 1.807) is 4.57 Å². The van der Waals surface area contributed by atoms with E-state index in [1.807, 2.05) is 43.6 Å². The molecule has 1 aromatic carbocycles. The van der Waals surface area contributed by atoms with E-state index in [2.05, 4.69) is 12.2 Å². The van der Waals surface area contributed by atoms with E-state index >= 15 is 0 Å². The van der Waals surface area contributed by atoms with Crippen LogP contribution in [-0.2, 0) is 6.54 Å². The summed E-state index contributed by atoms with van der Waals surface area (Å²) in [7, 11) is 1.93. The molecule has 0 aliphatic rings. The molecule has 0 aliphatic heterocycles. The molecular weight excluding hydrogens is 212 g/mol. The molecule has 3 nitrogen and oxygen atoms in total. The standard InChI is InChI=1S/C14H18N2O/c1-11(9-15-2)10-16-8-7-12-5-3-4-6-13(12)14(16)17/h3-8,11,15H,9-10H2,1-2H3. The lowest BCUT2D eigenvalue weighted by molar-refractivity contribution is 0.456. The summed E-state index contributed by atoms with van der Waals surface area (Å²) in [6, 6.07) is 9.72. The molecule has 0 spiro atoms. The largest absolute Gasteiger partial charge is 0.319 e. The maximum Gasteiger partial charge on any atom is 0.258 e. The number of hydrogen-bond acceptors (Lipinski definition) is 2. The Hall–Kier alpha value is -1.61. The van der Waals surface area contributed by atoms with Gasteiger partial charge < -0.3 is 9.88 Å². The van der Waals surface area contributed by atoms with Crippen LogP contribution >= 0.6 is 0 Å². The van der Waals surface area contributed by atoms with Crippen LogP contribution in [-0.4, -0.2) is 18.2 Å². The lowest BCUT2D eigenvalue weighted by Crippen LogP contribution is -2.27. The van der Waals surface area contributed by atoms with Crippen molar-refractivity contribution < 1.29 is 0 Å². The number of rotatable bonds is 4. The molecule has 1 N–H and O–H groups in total. The average molecular weight is 230 g/mol. The maximum absolute atomic E-state index is 12.2. The van der Waals surface area contributed by atoms with E-state index in [9.17, 15) is 4.79 Å². The second-order valence-electron chi connectivity index (χ2n) is 4.52. The van der Waals surface area contributed by atoms with Crippen LogP contribution in [0.3, 0.4) is 0 Å². The molecule has 1 atom stereocenters. The smallest absolute Gasteiger partial charge is 0.258 e. The van der Waals surface area contributed by atoms with Crippen LogP contribution in [0.4, 0.5) is 0 Å². The van der Waals surface area contributed by atoms with Crippen LogP contribution in [0.25, 0.3) is 10.8 Å². The van der Waals surface area contributed by atoms with Crippen molar-refractivity contribution in [1.29, 1.82) is 0 Å². The fraction of sp³-hybridized carbons (Fsp3) is 0.357. The number of nitrogens with one attached hydrogen (secondary N) is 1. The van der Waals surface area contributed by atoms with Crippen LogP contribution < -0.4 is 10.9 Å². The Labute approximate surface area is 101 Å². The van der Waals surface area contributed by atoms with E-state index in [4.69, 9.17) is 0 Å². The van der Waals surface area contributed by atoms with E-state index in [0.717, 1.165) is 23.9 Å². The molecule has 1 unspecified atom stereocenters. The summed E-state index contributed by atoms with van der Waals surface area (Å²) in [4.78, 5) is 12.2. The molecule has 90 valence electrons. The van der Waals surface area contributed by atoms with Gasteiger partial charge in [0.2, 0.25) is 0 Å². The first kappa shape index (κ1) is 11.9. The number of fused-ring (bicyclic) bond motifs is 1. The molecular formula is C14H18N2O. The van der Waals surface area contributed by atoms with Gasteiger partial charge in [0.1, 0.15) is 0 Å². The van der Waals surface area contributed by atoms with Crippen molar-refractivity contribution in [3.05, 3.63) is 46.9 Å². The van der Waals surface area contributed by atoms with E-state index < -0.39 is 0 Å². The van der Waals surface area contributed by atoms with Gasteiger partial charge in [-0.15, -0.1) is 0 Å². The van der Waals surface area contributed by atoms with Crippen LogP contribution in [0.2, 0.25) is 0 Å². The van der Waals surface area contributed by atoms with Gasteiger partial charge in [0.15, 0.2) is 0 Å². The topological polar surface area (TPSA) is 34.0 Å². The first-order valence-electron chi connectivity index (χ1n) is 5.95. The van der Waals surface area contributed by atoms with Gasteiger partial charge in [0, 0.05) is 18.1 Å². The Bertz CT molecular complexity index is 559. The van der Waals surface area contributed by atoms with Gasteiger partial charge in [-0.25, -0.2) is 0 Å². The zero-order valence-electron chi connectivity index (χ0n) is 10.3. The molecule has 1 aromatic heterocycles. The predicted octanol–water partition coefficient (Wildman–Crippen LogP) is 1.86. The summed E-state index contributed by atoms with van der Waals surface area (Å²) in [6.45, 7) is 3.81. The SMILES string of the molecule is CNCC(C)Cn1ccc2ccccc2c1=O. The molecule has 0 fully saturated rings. The molecule has 2 rings (SSSR count). The van der Waals surface area contributed by atoms with Crippen molar-refractivity contribution in [1.82, 2.24) is 9.88 Å². The molecule has 0 bridgehead atoms. The minimum atomic E-state index is 0.103. The second-order valence-corrected chi connectivity index (χ2v) is 4.52. The summed E-state index contributed by atoms with van der Waals surface area (Å²) in [5.41, 5.74) is 0.103. The maximum atomic E-state index is 12.2. The highest BCUT2D eigenvalue weighted by atomic mass is 16.1. The summed E-state index contributed by atoms with van der Waals surface area (Å²) in [5.74, 6) is 0.443. The molecule has 0 radical (unpaired) electrons. The molecule has 0 saturated heterocycles. The van der Waals surface area contributed by atoms with Gasteiger partial charge in [-0.05, 0) is 37.0 Å². The monoisotopic (exact) mass is 230 g/mol. The summed E-state index contributed by atoms with van der Waals surface area (Å²) in [6.07, 6.45) is 1.89. The average Bonchev–Trinajstić information content (AvgIpc) is 2.33. The Morgan fingerprint density at radius 1 is 1.29 bits per heavy atom.